The summed E-state index contributed by atoms with van der Waals surface area (Å²) in [5.41, 5.74) is 2.15. The van der Waals surface area contributed by atoms with E-state index in [0.717, 1.165) is 4.09 Å². The molecule has 0 amide bonds. The van der Waals surface area contributed by atoms with Gasteiger partial charge in [-0.15, -0.1) is 0 Å². The number of benzene rings is 2. The van der Waals surface area contributed by atoms with Crippen LogP contribution in [0.5, 0.6) is 5.75 Å². The number of pyridine rings is 1. The van der Waals surface area contributed by atoms with Crippen LogP contribution in [0.25, 0.3) is 16.8 Å². The van der Waals surface area contributed by atoms with Gasteiger partial charge in [-0.25, -0.2) is 9.37 Å². The molecule has 194 valence electrons. The SMILES string of the molecule is O=S(=O)(c1ccccc1)n1cc(-c2cn3c4c(nc3cc2F)CCOC4c2ccccc2OC(F)F)cn1. The topological polar surface area (TPSA) is 87.7 Å². The van der Waals surface area contributed by atoms with Crippen LogP contribution in [0.2, 0.25) is 0 Å². The summed E-state index contributed by atoms with van der Waals surface area (Å²) in [6.45, 7) is -2.74. The number of aromatic nitrogens is 4. The number of halogens is 3. The Kier molecular flexibility index (Phi) is 5.92. The van der Waals surface area contributed by atoms with Gasteiger partial charge >= 0.3 is 6.61 Å². The van der Waals surface area contributed by atoms with Gasteiger partial charge in [-0.1, -0.05) is 36.4 Å². The van der Waals surface area contributed by atoms with Crippen molar-refractivity contribution in [3.63, 3.8) is 0 Å². The van der Waals surface area contributed by atoms with Crippen LogP contribution in [0.3, 0.4) is 0 Å². The lowest BCUT2D eigenvalue weighted by Crippen LogP contribution is -2.20. The van der Waals surface area contributed by atoms with Gasteiger partial charge in [0.25, 0.3) is 10.0 Å². The van der Waals surface area contributed by atoms with Gasteiger partial charge in [0.15, 0.2) is 0 Å². The van der Waals surface area contributed by atoms with Crippen LogP contribution in [0, 0.1) is 5.82 Å². The Morgan fingerprint density at radius 1 is 1.05 bits per heavy atom. The second-order valence-corrected chi connectivity index (χ2v) is 10.3. The van der Waals surface area contributed by atoms with Crippen molar-refractivity contribution in [1.82, 2.24) is 18.6 Å². The van der Waals surface area contributed by atoms with Crippen molar-refractivity contribution in [3.05, 3.63) is 102 Å². The van der Waals surface area contributed by atoms with Gasteiger partial charge in [0.2, 0.25) is 0 Å². The molecule has 12 heteroatoms. The summed E-state index contributed by atoms with van der Waals surface area (Å²) in [5, 5.41) is 3.96. The monoisotopic (exact) mass is 540 g/mol. The van der Waals surface area contributed by atoms with Gasteiger partial charge in [0.1, 0.15) is 23.3 Å². The normalized spacial score (nSPS) is 15.6. The standard InChI is InChI=1S/C26H19F3N4O4S/c27-20-12-23-31-21-10-11-36-25(18-8-4-5-9-22(18)37-26(28)29)24(21)32(23)15-19(20)16-13-30-33(14-16)38(34,35)17-6-2-1-3-7-17/h1-9,12-15,25-26H,10-11H2. The van der Waals surface area contributed by atoms with Gasteiger partial charge in [-0.05, 0) is 18.2 Å². The first-order valence-electron chi connectivity index (χ1n) is 11.5. The number of hydrogen-bond acceptors (Lipinski definition) is 6. The van der Waals surface area contributed by atoms with E-state index in [1.165, 1.54) is 42.9 Å². The molecule has 1 atom stereocenters. The van der Waals surface area contributed by atoms with E-state index in [9.17, 15) is 17.2 Å². The van der Waals surface area contributed by atoms with E-state index in [-0.39, 0.29) is 28.4 Å². The van der Waals surface area contributed by atoms with Gasteiger partial charge in [-0.3, -0.25) is 4.40 Å². The molecular formula is C26H19F3N4O4S. The highest BCUT2D eigenvalue weighted by Gasteiger charge is 2.31. The Morgan fingerprint density at radius 3 is 2.61 bits per heavy atom. The molecule has 0 spiro atoms. The molecule has 8 nitrogen and oxygen atoms in total. The van der Waals surface area contributed by atoms with Gasteiger partial charge < -0.3 is 9.47 Å². The predicted molar refractivity (Wildman–Crippen MR) is 130 cm³/mol. The first-order chi connectivity index (χ1) is 18.3. The number of hydrogen-bond donors (Lipinski definition) is 0. The number of nitrogens with zero attached hydrogens (tertiary/aromatic N) is 4. The highest BCUT2D eigenvalue weighted by molar-refractivity contribution is 7.89. The molecular weight excluding hydrogens is 521 g/mol. The smallest absolute Gasteiger partial charge is 0.387 e. The summed E-state index contributed by atoms with van der Waals surface area (Å²) in [4.78, 5) is 4.58. The maximum Gasteiger partial charge on any atom is 0.387 e. The fraction of sp³-hybridized carbons (Fsp3) is 0.154. The summed E-state index contributed by atoms with van der Waals surface area (Å²) in [6.07, 6.45) is 3.60. The zero-order chi connectivity index (χ0) is 26.4. The molecule has 6 rings (SSSR count). The Balaban J connectivity index is 1.46. The van der Waals surface area contributed by atoms with Crippen LogP contribution in [0.1, 0.15) is 23.1 Å². The van der Waals surface area contributed by atoms with Crippen LogP contribution in [-0.4, -0.2) is 40.2 Å². The van der Waals surface area contributed by atoms with E-state index < -0.39 is 28.6 Å². The third-order valence-corrected chi connectivity index (χ3v) is 7.83. The summed E-state index contributed by atoms with van der Waals surface area (Å²) in [5.74, 6) is -0.666. The van der Waals surface area contributed by atoms with E-state index in [2.05, 4.69) is 10.1 Å². The third-order valence-electron chi connectivity index (χ3n) is 6.27. The number of alkyl halides is 2. The zero-order valence-corrected chi connectivity index (χ0v) is 20.4. The highest BCUT2D eigenvalue weighted by Crippen LogP contribution is 2.39. The number of ether oxygens (including phenoxy) is 2. The van der Waals surface area contributed by atoms with Crippen LogP contribution in [0.4, 0.5) is 13.2 Å². The molecule has 5 aromatic rings. The fourth-order valence-electron chi connectivity index (χ4n) is 4.57. The lowest BCUT2D eigenvalue weighted by molar-refractivity contribution is -0.0522. The van der Waals surface area contributed by atoms with Crippen molar-refractivity contribution in [2.75, 3.05) is 6.61 Å². The van der Waals surface area contributed by atoms with E-state index in [1.807, 2.05) is 0 Å². The molecule has 1 unspecified atom stereocenters. The molecule has 0 bridgehead atoms. The van der Waals surface area contributed by atoms with E-state index in [4.69, 9.17) is 9.47 Å². The molecule has 0 N–H and O–H groups in total. The second kappa shape index (κ2) is 9.30. The van der Waals surface area contributed by atoms with Gasteiger partial charge in [-0.2, -0.15) is 26.4 Å². The first-order valence-corrected chi connectivity index (χ1v) is 13.0. The first kappa shape index (κ1) is 24.2. The van der Waals surface area contributed by atoms with Crippen molar-refractivity contribution in [1.29, 1.82) is 0 Å². The number of para-hydroxylation sites is 1. The Labute approximate surface area is 214 Å². The number of imidazole rings is 1. The third kappa shape index (κ3) is 4.11. The van der Waals surface area contributed by atoms with Crippen molar-refractivity contribution in [2.24, 2.45) is 0 Å². The molecule has 1 aliphatic rings. The molecule has 0 saturated carbocycles. The maximum atomic E-state index is 15.3. The summed E-state index contributed by atoms with van der Waals surface area (Å²) in [7, 11) is -3.98. The minimum Gasteiger partial charge on any atom is -0.434 e. The average molecular weight is 541 g/mol. The van der Waals surface area contributed by atoms with Crippen LogP contribution in [0.15, 0.2) is 84.1 Å². The number of rotatable bonds is 6. The molecule has 2 aromatic carbocycles. The Bertz CT molecular complexity index is 1750. The number of fused-ring (bicyclic) bond motifs is 3. The van der Waals surface area contributed by atoms with Gasteiger partial charge in [0.05, 0.1) is 35.3 Å². The Morgan fingerprint density at radius 2 is 1.82 bits per heavy atom. The zero-order valence-electron chi connectivity index (χ0n) is 19.5. The summed E-state index contributed by atoms with van der Waals surface area (Å²) in [6, 6.07) is 15.3. The lowest BCUT2D eigenvalue weighted by Gasteiger charge is -2.25. The lowest BCUT2D eigenvalue weighted by atomic mass is 10.0. The quantitative estimate of drug-likeness (QED) is 0.307. The van der Waals surface area contributed by atoms with Crippen molar-refractivity contribution in [2.45, 2.75) is 24.0 Å². The summed E-state index contributed by atoms with van der Waals surface area (Å²) < 4.78 is 80.4. The van der Waals surface area contributed by atoms with Crippen molar-refractivity contribution >= 4 is 15.7 Å². The largest absolute Gasteiger partial charge is 0.434 e. The minimum atomic E-state index is -3.98. The maximum absolute atomic E-state index is 15.3. The Hall–Kier alpha value is -4.16. The average Bonchev–Trinajstić information content (AvgIpc) is 3.54. The molecule has 0 saturated heterocycles. The molecule has 3 aromatic heterocycles. The van der Waals surface area contributed by atoms with Crippen molar-refractivity contribution < 1.29 is 31.1 Å². The molecule has 38 heavy (non-hydrogen) atoms. The summed E-state index contributed by atoms with van der Waals surface area (Å²) >= 11 is 0. The van der Waals surface area contributed by atoms with E-state index in [1.54, 1.807) is 40.8 Å². The second-order valence-electron chi connectivity index (χ2n) is 8.54. The molecule has 0 fully saturated rings. The van der Waals surface area contributed by atoms with Crippen LogP contribution >= 0.6 is 0 Å². The molecule has 0 radical (unpaired) electrons. The molecule has 4 heterocycles. The molecule has 1 aliphatic heterocycles. The van der Waals surface area contributed by atoms with E-state index >= 15 is 4.39 Å². The van der Waals surface area contributed by atoms with Crippen LogP contribution < -0.4 is 4.74 Å². The van der Waals surface area contributed by atoms with Gasteiger partial charge in [0, 0.05) is 35.4 Å². The predicted octanol–water partition coefficient (Wildman–Crippen LogP) is 4.84. The van der Waals surface area contributed by atoms with E-state index in [0.29, 0.717) is 29.0 Å². The molecule has 0 aliphatic carbocycles. The fourth-order valence-corrected chi connectivity index (χ4v) is 5.71. The minimum absolute atomic E-state index is 0.0370. The van der Waals surface area contributed by atoms with Crippen LogP contribution in [-0.2, 0) is 21.2 Å². The van der Waals surface area contributed by atoms with Crippen molar-refractivity contribution in [3.8, 4) is 16.9 Å². The highest BCUT2D eigenvalue weighted by atomic mass is 32.2.